The third-order valence-corrected chi connectivity index (χ3v) is 7.86. The van der Waals surface area contributed by atoms with E-state index in [9.17, 15) is 4.79 Å². The standard InChI is InChI=1S/C17H23NOS2/c1-3-8-20-17(21-9-4-2)11-12-10-15(19)18-14-7-5-6-13(17)16(12)14/h5-7,12H,3-4,8-11H2,1-2H3,(H,18,19). The first-order valence-corrected chi connectivity index (χ1v) is 9.88. The quantitative estimate of drug-likeness (QED) is 0.751. The minimum atomic E-state index is 0.161. The number of nitrogens with one attached hydrogen (secondary N) is 1. The summed E-state index contributed by atoms with van der Waals surface area (Å²) >= 11 is 4.19. The first kappa shape index (κ1) is 15.3. The molecule has 1 aromatic carbocycles. The second kappa shape index (κ2) is 6.25. The molecule has 0 radical (unpaired) electrons. The maximum Gasteiger partial charge on any atom is 0.224 e. The maximum atomic E-state index is 11.9. The van der Waals surface area contributed by atoms with E-state index in [0.717, 1.165) is 12.1 Å². The van der Waals surface area contributed by atoms with E-state index >= 15 is 0 Å². The van der Waals surface area contributed by atoms with Crippen molar-refractivity contribution in [3.05, 3.63) is 29.3 Å². The number of benzene rings is 1. The molecule has 0 aromatic heterocycles. The lowest BCUT2D eigenvalue weighted by Gasteiger charge is -2.29. The van der Waals surface area contributed by atoms with Crippen molar-refractivity contribution in [2.24, 2.45) is 0 Å². The molecule has 0 saturated heterocycles. The molecule has 2 nitrogen and oxygen atoms in total. The normalized spacial score (nSPS) is 22.0. The van der Waals surface area contributed by atoms with Gasteiger partial charge < -0.3 is 5.32 Å². The number of carbonyl (C=O) groups is 1. The molecule has 2 aliphatic rings. The topological polar surface area (TPSA) is 29.1 Å². The third kappa shape index (κ3) is 2.72. The zero-order valence-electron chi connectivity index (χ0n) is 12.8. The summed E-state index contributed by atoms with van der Waals surface area (Å²) in [4.78, 5) is 11.9. The molecule has 1 amide bonds. The summed E-state index contributed by atoms with van der Waals surface area (Å²) in [6.07, 6.45) is 4.18. The fraction of sp³-hybridized carbons (Fsp3) is 0.588. The Morgan fingerprint density at radius 2 is 1.95 bits per heavy atom. The van der Waals surface area contributed by atoms with Crippen LogP contribution in [0.4, 0.5) is 5.69 Å². The highest BCUT2D eigenvalue weighted by molar-refractivity contribution is 8.17. The van der Waals surface area contributed by atoms with Crippen LogP contribution in [0.1, 0.15) is 56.6 Å². The SMILES string of the molecule is CCCSC1(SCCC)CC2CC(=O)Nc3cccc1c32. The Hall–Kier alpha value is -0.610. The van der Waals surface area contributed by atoms with Gasteiger partial charge in [-0.3, -0.25) is 4.79 Å². The first-order chi connectivity index (χ1) is 10.2. The van der Waals surface area contributed by atoms with Crippen LogP contribution in [0, 0.1) is 0 Å². The van der Waals surface area contributed by atoms with Crippen molar-refractivity contribution >= 4 is 35.1 Å². The van der Waals surface area contributed by atoms with Crippen molar-refractivity contribution in [3.8, 4) is 0 Å². The number of rotatable bonds is 6. The van der Waals surface area contributed by atoms with Crippen molar-refractivity contribution in [3.63, 3.8) is 0 Å². The molecule has 1 aromatic rings. The zero-order valence-corrected chi connectivity index (χ0v) is 14.4. The number of hydrogen-bond donors (Lipinski definition) is 1. The lowest BCUT2D eigenvalue weighted by atomic mass is 9.92. The van der Waals surface area contributed by atoms with Gasteiger partial charge in [-0.1, -0.05) is 26.0 Å². The fourth-order valence-electron chi connectivity index (χ4n) is 3.43. The van der Waals surface area contributed by atoms with Gasteiger partial charge in [-0.05, 0) is 53.9 Å². The van der Waals surface area contributed by atoms with Crippen LogP contribution in [-0.4, -0.2) is 17.4 Å². The Labute approximate surface area is 135 Å². The van der Waals surface area contributed by atoms with Gasteiger partial charge in [0.1, 0.15) is 0 Å². The molecule has 0 fully saturated rings. The largest absolute Gasteiger partial charge is 0.326 e. The van der Waals surface area contributed by atoms with Crippen LogP contribution in [0.15, 0.2) is 18.2 Å². The van der Waals surface area contributed by atoms with Crippen LogP contribution in [-0.2, 0) is 8.87 Å². The predicted octanol–water partition coefficient (Wildman–Crippen LogP) is 4.96. The van der Waals surface area contributed by atoms with Crippen LogP contribution in [0.2, 0.25) is 0 Å². The molecule has 1 aliphatic carbocycles. The Kier molecular flexibility index (Phi) is 4.55. The maximum absolute atomic E-state index is 11.9. The van der Waals surface area contributed by atoms with Gasteiger partial charge in [0.25, 0.3) is 0 Å². The van der Waals surface area contributed by atoms with Gasteiger partial charge in [0.15, 0.2) is 0 Å². The lowest BCUT2D eigenvalue weighted by Crippen LogP contribution is -2.21. The van der Waals surface area contributed by atoms with Gasteiger partial charge in [0.2, 0.25) is 5.91 Å². The highest BCUT2D eigenvalue weighted by Gasteiger charge is 2.47. The predicted molar refractivity (Wildman–Crippen MR) is 94.2 cm³/mol. The van der Waals surface area contributed by atoms with Crippen molar-refractivity contribution < 1.29 is 4.79 Å². The van der Waals surface area contributed by atoms with E-state index in [0.29, 0.717) is 12.3 Å². The van der Waals surface area contributed by atoms with Gasteiger partial charge in [0.05, 0.1) is 4.08 Å². The molecule has 1 unspecified atom stereocenters. The summed E-state index contributed by atoms with van der Waals surface area (Å²) in [5.41, 5.74) is 3.95. The number of carbonyl (C=O) groups excluding carboxylic acids is 1. The van der Waals surface area contributed by atoms with E-state index in [1.807, 2.05) is 0 Å². The molecule has 114 valence electrons. The summed E-state index contributed by atoms with van der Waals surface area (Å²) < 4.78 is 0.161. The summed E-state index contributed by atoms with van der Waals surface area (Å²) in [6, 6.07) is 6.46. The van der Waals surface area contributed by atoms with Gasteiger partial charge in [-0.15, -0.1) is 23.5 Å². The van der Waals surface area contributed by atoms with Gasteiger partial charge >= 0.3 is 0 Å². The van der Waals surface area contributed by atoms with E-state index in [4.69, 9.17) is 0 Å². The van der Waals surface area contributed by atoms with Crippen molar-refractivity contribution in [2.45, 2.75) is 49.5 Å². The highest BCUT2D eigenvalue weighted by atomic mass is 32.2. The van der Waals surface area contributed by atoms with Gasteiger partial charge in [-0.2, -0.15) is 0 Å². The first-order valence-electron chi connectivity index (χ1n) is 7.91. The minimum Gasteiger partial charge on any atom is -0.326 e. The molecule has 1 N–H and O–H groups in total. The summed E-state index contributed by atoms with van der Waals surface area (Å²) in [5, 5.41) is 3.06. The van der Waals surface area contributed by atoms with E-state index in [1.54, 1.807) is 0 Å². The fourth-order valence-corrected chi connectivity index (χ4v) is 6.64. The molecule has 21 heavy (non-hydrogen) atoms. The molecule has 1 atom stereocenters. The van der Waals surface area contributed by atoms with Gasteiger partial charge in [-0.25, -0.2) is 0 Å². The minimum absolute atomic E-state index is 0.161. The van der Waals surface area contributed by atoms with Gasteiger partial charge in [0, 0.05) is 12.1 Å². The van der Waals surface area contributed by atoms with Crippen molar-refractivity contribution in [1.82, 2.24) is 0 Å². The molecule has 1 heterocycles. The number of amides is 1. The summed E-state index contributed by atoms with van der Waals surface area (Å²) in [6.45, 7) is 4.50. The van der Waals surface area contributed by atoms with Crippen LogP contribution in [0.3, 0.4) is 0 Å². The molecule has 0 bridgehead atoms. The third-order valence-electron chi connectivity index (χ3n) is 4.22. The Morgan fingerprint density at radius 1 is 1.24 bits per heavy atom. The number of thioether (sulfide) groups is 2. The summed E-state index contributed by atoms with van der Waals surface area (Å²) in [5.74, 6) is 2.98. The number of anilines is 1. The van der Waals surface area contributed by atoms with Crippen molar-refractivity contribution in [2.75, 3.05) is 16.8 Å². The monoisotopic (exact) mass is 321 g/mol. The van der Waals surface area contributed by atoms with Crippen LogP contribution in [0.5, 0.6) is 0 Å². The van der Waals surface area contributed by atoms with Crippen LogP contribution < -0.4 is 5.32 Å². The Balaban J connectivity index is 2.01. The average molecular weight is 322 g/mol. The molecule has 4 heteroatoms. The number of hydrogen-bond acceptors (Lipinski definition) is 3. The smallest absolute Gasteiger partial charge is 0.224 e. The molecule has 0 spiro atoms. The second-order valence-corrected chi connectivity index (χ2v) is 8.92. The molecule has 3 rings (SSSR count). The Bertz CT molecular complexity index is 536. The summed E-state index contributed by atoms with van der Waals surface area (Å²) in [7, 11) is 0. The van der Waals surface area contributed by atoms with E-state index in [1.165, 1.54) is 35.5 Å². The zero-order chi connectivity index (χ0) is 14.9. The highest BCUT2D eigenvalue weighted by Crippen LogP contribution is 2.62. The second-order valence-electron chi connectivity index (χ2n) is 5.87. The van der Waals surface area contributed by atoms with E-state index < -0.39 is 0 Å². The van der Waals surface area contributed by atoms with E-state index in [2.05, 4.69) is 60.9 Å². The average Bonchev–Trinajstić information content (AvgIpc) is 2.79. The Morgan fingerprint density at radius 3 is 2.62 bits per heavy atom. The van der Waals surface area contributed by atoms with Crippen molar-refractivity contribution in [1.29, 1.82) is 0 Å². The van der Waals surface area contributed by atoms with Crippen LogP contribution in [0.25, 0.3) is 0 Å². The molecular weight excluding hydrogens is 298 g/mol. The molecule has 1 aliphatic heterocycles. The lowest BCUT2D eigenvalue weighted by molar-refractivity contribution is -0.116. The molecular formula is C17H23NOS2. The van der Waals surface area contributed by atoms with E-state index in [-0.39, 0.29) is 9.99 Å². The molecule has 0 saturated carbocycles. The van der Waals surface area contributed by atoms with Crippen LogP contribution >= 0.6 is 23.5 Å².